The Morgan fingerprint density at radius 1 is 0.846 bits per heavy atom. The maximum absolute atomic E-state index is 13.2. The smallest absolute Gasteiger partial charge is 0.243 e. The topological polar surface area (TPSA) is 46.6 Å². The third kappa shape index (κ3) is 2.78. The first-order chi connectivity index (χ1) is 12.5. The molecule has 4 rings (SSSR count). The van der Waals surface area contributed by atoms with Crippen molar-refractivity contribution < 1.29 is 13.2 Å². The number of benzene rings is 3. The van der Waals surface area contributed by atoms with Gasteiger partial charge in [-0.25, -0.2) is 8.42 Å². The lowest BCUT2D eigenvalue weighted by molar-refractivity contribution is 0.367. The van der Waals surface area contributed by atoms with Crippen LogP contribution in [0.3, 0.4) is 0 Å². The second-order valence-electron chi connectivity index (χ2n) is 6.06. The molecule has 0 fully saturated rings. The highest BCUT2D eigenvalue weighted by Gasteiger charge is 2.36. The van der Waals surface area contributed by atoms with Gasteiger partial charge in [0.05, 0.1) is 10.9 Å². The molecule has 1 heterocycles. The molecule has 6 heteroatoms. The minimum absolute atomic E-state index is 0.200. The van der Waals surface area contributed by atoms with Gasteiger partial charge < -0.3 is 4.74 Å². The van der Waals surface area contributed by atoms with E-state index in [1.807, 2.05) is 48.5 Å². The molecule has 0 unspecified atom stereocenters. The van der Waals surface area contributed by atoms with Gasteiger partial charge in [-0.3, -0.25) is 0 Å². The predicted octanol–water partition coefficient (Wildman–Crippen LogP) is 4.86. The van der Waals surface area contributed by atoms with Gasteiger partial charge >= 0.3 is 0 Å². The van der Waals surface area contributed by atoms with Gasteiger partial charge in [0.25, 0.3) is 0 Å². The summed E-state index contributed by atoms with van der Waals surface area (Å²) in [5.41, 5.74) is 1.62. The van der Waals surface area contributed by atoms with Gasteiger partial charge in [-0.05, 0) is 36.4 Å². The summed E-state index contributed by atoms with van der Waals surface area (Å²) in [5, 5.41) is 0.494. The van der Waals surface area contributed by atoms with E-state index in [9.17, 15) is 8.42 Å². The molecule has 26 heavy (non-hydrogen) atoms. The van der Waals surface area contributed by atoms with Crippen LogP contribution in [0.4, 0.5) is 0 Å². The second-order valence-corrected chi connectivity index (χ2v) is 8.49. The van der Waals surface area contributed by atoms with Gasteiger partial charge in [0.2, 0.25) is 10.0 Å². The molecule has 0 spiro atoms. The zero-order valence-corrected chi connectivity index (χ0v) is 15.5. The first-order valence-corrected chi connectivity index (χ1v) is 9.89. The third-order valence-electron chi connectivity index (χ3n) is 4.50. The van der Waals surface area contributed by atoms with E-state index in [2.05, 4.69) is 0 Å². The molecule has 3 aromatic carbocycles. The number of hydrogen-bond acceptors (Lipinski definition) is 3. The van der Waals surface area contributed by atoms with Gasteiger partial charge in [0.15, 0.2) is 0 Å². The van der Waals surface area contributed by atoms with Crippen molar-refractivity contribution in [3.63, 3.8) is 0 Å². The maximum atomic E-state index is 13.2. The highest BCUT2D eigenvalue weighted by molar-refractivity contribution is 7.89. The van der Waals surface area contributed by atoms with Crippen LogP contribution < -0.4 is 4.74 Å². The fraction of sp³-hybridized carbons (Fsp3) is 0.100. The van der Waals surface area contributed by atoms with Crippen molar-refractivity contribution in [1.29, 1.82) is 0 Å². The molecule has 132 valence electrons. The molecule has 0 amide bonds. The first kappa shape index (κ1) is 17.1. The van der Waals surface area contributed by atoms with Crippen LogP contribution in [0.2, 0.25) is 5.02 Å². The lowest BCUT2D eigenvalue weighted by Gasteiger charge is -2.33. The number of ether oxygens (including phenoxy) is 1. The number of sulfonamides is 1. The van der Waals surface area contributed by atoms with Crippen molar-refractivity contribution in [1.82, 2.24) is 4.31 Å². The third-order valence-corrected chi connectivity index (χ3v) is 6.59. The van der Waals surface area contributed by atoms with Gasteiger partial charge in [-0.1, -0.05) is 48.0 Å². The number of rotatable bonds is 3. The molecule has 1 aliphatic rings. The van der Waals surface area contributed by atoms with Crippen LogP contribution >= 0.6 is 11.6 Å². The Bertz CT molecular complexity index is 1020. The highest BCUT2D eigenvalue weighted by Crippen LogP contribution is 2.46. The molecule has 0 aromatic heterocycles. The standard InChI is InChI=1S/C20H16ClNO3S/c1-22(26(23,24)15-12-10-14(21)11-13-15)20-16-6-2-4-8-18(16)25-19-9-5-3-7-17(19)20/h2-13,20H,1H3. The van der Waals surface area contributed by atoms with Crippen LogP contribution in [0.5, 0.6) is 11.5 Å². The van der Waals surface area contributed by atoms with E-state index in [0.717, 1.165) is 11.1 Å². The minimum atomic E-state index is -3.72. The van der Waals surface area contributed by atoms with Gasteiger partial charge in [0.1, 0.15) is 11.5 Å². The molecule has 0 saturated carbocycles. The summed E-state index contributed by atoms with van der Waals surface area (Å²) in [6, 6.07) is 20.7. The number of nitrogens with zero attached hydrogens (tertiary/aromatic N) is 1. The lowest BCUT2D eigenvalue weighted by Crippen LogP contribution is -2.33. The average Bonchev–Trinajstić information content (AvgIpc) is 2.66. The van der Waals surface area contributed by atoms with Crippen molar-refractivity contribution in [3.05, 3.63) is 88.9 Å². The first-order valence-electron chi connectivity index (χ1n) is 8.08. The Balaban J connectivity index is 1.86. The SMILES string of the molecule is CN(C1c2ccccc2Oc2ccccc21)S(=O)(=O)c1ccc(Cl)cc1. The molecule has 0 aliphatic carbocycles. The maximum Gasteiger partial charge on any atom is 0.243 e. The zero-order valence-electron chi connectivity index (χ0n) is 14.0. The van der Waals surface area contributed by atoms with Crippen molar-refractivity contribution in [2.75, 3.05) is 7.05 Å². The Labute approximate surface area is 157 Å². The van der Waals surface area contributed by atoms with Crippen LogP contribution in [0.1, 0.15) is 17.2 Å². The van der Waals surface area contributed by atoms with Crippen molar-refractivity contribution in [2.24, 2.45) is 0 Å². The Morgan fingerprint density at radius 2 is 1.35 bits per heavy atom. The summed E-state index contributed by atoms with van der Waals surface area (Å²) in [4.78, 5) is 0.200. The molecular formula is C20H16ClNO3S. The van der Waals surface area contributed by atoms with Crippen LogP contribution in [0.15, 0.2) is 77.7 Å². The molecule has 3 aromatic rings. The second kappa shape index (κ2) is 6.43. The zero-order chi connectivity index (χ0) is 18.3. The molecule has 0 atom stereocenters. The quantitative estimate of drug-likeness (QED) is 0.647. The number of para-hydroxylation sites is 2. The summed E-state index contributed by atoms with van der Waals surface area (Å²) in [5.74, 6) is 1.32. The van der Waals surface area contributed by atoms with E-state index in [0.29, 0.717) is 16.5 Å². The molecular weight excluding hydrogens is 370 g/mol. The van der Waals surface area contributed by atoms with E-state index < -0.39 is 16.1 Å². The van der Waals surface area contributed by atoms with Crippen molar-refractivity contribution in [3.8, 4) is 11.5 Å². The summed E-state index contributed by atoms with van der Waals surface area (Å²) >= 11 is 5.90. The average molecular weight is 386 g/mol. The Kier molecular flexibility index (Phi) is 4.23. The summed E-state index contributed by atoms with van der Waals surface area (Å²) in [7, 11) is -2.13. The van der Waals surface area contributed by atoms with Gasteiger partial charge in [0, 0.05) is 23.2 Å². The molecule has 0 bridgehead atoms. The van der Waals surface area contributed by atoms with E-state index >= 15 is 0 Å². The molecule has 1 aliphatic heterocycles. The van der Waals surface area contributed by atoms with Gasteiger partial charge in [-0.2, -0.15) is 4.31 Å². The summed E-state index contributed by atoms with van der Waals surface area (Å²) in [6.45, 7) is 0. The minimum Gasteiger partial charge on any atom is -0.457 e. The molecule has 0 radical (unpaired) electrons. The highest BCUT2D eigenvalue weighted by atomic mass is 35.5. The number of fused-ring (bicyclic) bond motifs is 2. The monoisotopic (exact) mass is 385 g/mol. The molecule has 0 saturated heterocycles. The number of hydrogen-bond donors (Lipinski definition) is 0. The Hall–Kier alpha value is -2.34. The van der Waals surface area contributed by atoms with E-state index in [-0.39, 0.29) is 4.90 Å². The predicted molar refractivity (Wildman–Crippen MR) is 101 cm³/mol. The van der Waals surface area contributed by atoms with E-state index in [1.165, 1.54) is 16.4 Å². The van der Waals surface area contributed by atoms with E-state index in [1.54, 1.807) is 19.2 Å². The largest absolute Gasteiger partial charge is 0.457 e. The van der Waals surface area contributed by atoms with Gasteiger partial charge in [-0.15, -0.1) is 0 Å². The van der Waals surface area contributed by atoms with Crippen LogP contribution in [-0.4, -0.2) is 19.8 Å². The van der Waals surface area contributed by atoms with Crippen molar-refractivity contribution >= 4 is 21.6 Å². The summed E-state index contributed by atoms with van der Waals surface area (Å²) in [6.07, 6.45) is 0. The summed E-state index contributed by atoms with van der Waals surface area (Å²) < 4.78 is 33.7. The lowest BCUT2D eigenvalue weighted by atomic mass is 9.95. The van der Waals surface area contributed by atoms with Crippen LogP contribution in [-0.2, 0) is 10.0 Å². The van der Waals surface area contributed by atoms with Crippen LogP contribution in [0.25, 0.3) is 0 Å². The Morgan fingerprint density at radius 3 is 1.88 bits per heavy atom. The number of halogens is 1. The normalized spacial score (nSPS) is 13.8. The van der Waals surface area contributed by atoms with Crippen molar-refractivity contribution in [2.45, 2.75) is 10.9 Å². The molecule has 4 nitrogen and oxygen atoms in total. The molecule has 0 N–H and O–H groups in total. The van der Waals surface area contributed by atoms with Crippen LogP contribution in [0, 0.1) is 0 Å². The van der Waals surface area contributed by atoms with E-state index in [4.69, 9.17) is 16.3 Å². The fourth-order valence-electron chi connectivity index (χ4n) is 3.19. The fourth-order valence-corrected chi connectivity index (χ4v) is 4.63.